The zero-order valence-corrected chi connectivity index (χ0v) is 11.0. The second kappa shape index (κ2) is 5.38. The van der Waals surface area contributed by atoms with Crippen molar-refractivity contribution in [1.29, 1.82) is 0 Å². The van der Waals surface area contributed by atoms with Crippen molar-refractivity contribution in [3.8, 4) is 0 Å². The Hall–Kier alpha value is -1.26. The minimum absolute atomic E-state index is 0.0595. The number of rotatable bonds is 4. The summed E-state index contributed by atoms with van der Waals surface area (Å²) in [5.74, 6) is -0.00955. The van der Waals surface area contributed by atoms with Crippen LogP contribution in [0.15, 0.2) is 46.0 Å². The summed E-state index contributed by atoms with van der Waals surface area (Å²) in [5.41, 5.74) is 1.67. The van der Waals surface area contributed by atoms with Gasteiger partial charge in [0.15, 0.2) is 5.78 Å². The molecule has 0 bridgehead atoms. The molecule has 0 aliphatic rings. The van der Waals surface area contributed by atoms with Crippen LogP contribution in [-0.4, -0.2) is 15.7 Å². The molecule has 0 amide bonds. The van der Waals surface area contributed by atoms with Gasteiger partial charge in [0.25, 0.3) is 0 Å². The molecule has 0 saturated heterocycles. The quantitative estimate of drug-likeness (QED) is 0.795. The summed E-state index contributed by atoms with van der Waals surface area (Å²) in [4.78, 5) is 11.9. The number of ketones is 1. The molecule has 2 rings (SSSR count). The van der Waals surface area contributed by atoms with Gasteiger partial charge in [-0.05, 0) is 24.4 Å². The van der Waals surface area contributed by atoms with Gasteiger partial charge >= 0.3 is 0 Å². The van der Waals surface area contributed by atoms with Crippen molar-refractivity contribution in [2.24, 2.45) is 0 Å². The van der Waals surface area contributed by atoms with Gasteiger partial charge in [0.05, 0.1) is 20.8 Å². The molecule has 0 aliphatic heterocycles. The molecule has 0 radical (unpaired) electrons. The predicted octanol–water partition coefficient (Wildman–Crippen LogP) is 3.05. The Kier molecular flexibility index (Phi) is 3.86. The molecule has 1 heterocycles. The van der Waals surface area contributed by atoms with Crippen molar-refractivity contribution in [3.05, 3.63) is 52.9 Å². The van der Waals surface area contributed by atoms with Gasteiger partial charge in [-0.1, -0.05) is 29.8 Å². The van der Waals surface area contributed by atoms with Gasteiger partial charge in [0.2, 0.25) is 0 Å². The summed E-state index contributed by atoms with van der Waals surface area (Å²) in [5, 5.41) is 1.87. The van der Waals surface area contributed by atoms with Crippen molar-refractivity contribution >= 4 is 27.9 Å². The average molecular weight is 264 g/mol. The van der Waals surface area contributed by atoms with Gasteiger partial charge in [-0.25, -0.2) is 0 Å². The third-order valence-corrected chi connectivity index (χ3v) is 4.94. The molecule has 17 heavy (non-hydrogen) atoms. The Bertz CT molecular complexity index is 544. The van der Waals surface area contributed by atoms with Crippen LogP contribution in [0.2, 0.25) is 0 Å². The second-order valence-corrected chi connectivity index (χ2v) is 6.34. The number of thiophene rings is 1. The fourth-order valence-corrected chi connectivity index (χ4v) is 3.48. The topological polar surface area (TPSA) is 34.1 Å². The van der Waals surface area contributed by atoms with Crippen LogP contribution in [0.5, 0.6) is 0 Å². The summed E-state index contributed by atoms with van der Waals surface area (Å²) < 4.78 is 12.6. The highest BCUT2D eigenvalue weighted by Crippen LogP contribution is 2.15. The molecule has 1 aromatic heterocycles. The highest BCUT2D eigenvalue weighted by atomic mass is 32.2. The molecule has 2 aromatic rings. The number of carbonyl (C=O) groups is 1. The van der Waals surface area contributed by atoms with Gasteiger partial charge in [-0.2, -0.15) is 0 Å². The van der Waals surface area contributed by atoms with E-state index in [4.69, 9.17) is 0 Å². The maximum absolute atomic E-state index is 11.9. The lowest BCUT2D eigenvalue weighted by atomic mass is 10.1. The van der Waals surface area contributed by atoms with Crippen LogP contribution in [0.3, 0.4) is 0 Å². The third-order valence-electron chi connectivity index (χ3n) is 2.32. The smallest absolute Gasteiger partial charge is 0.175 e. The maximum Gasteiger partial charge on any atom is 0.175 e. The first-order chi connectivity index (χ1) is 8.16. The highest BCUT2D eigenvalue weighted by molar-refractivity contribution is 7.88. The van der Waals surface area contributed by atoms with E-state index in [1.165, 1.54) is 11.3 Å². The highest BCUT2D eigenvalue weighted by Gasteiger charge is 2.12. The Morgan fingerprint density at radius 1 is 1.29 bits per heavy atom. The van der Waals surface area contributed by atoms with Gasteiger partial charge in [-0.3, -0.25) is 9.00 Å². The number of carbonyl (C=O) groups excluding carboxylic acids is 1. The van der Waals surface area contributed by atoms with Gasteiger partial charge in [-0.15, -0.1) is 11.3 Å². The minimum Gasteiger partial charge on any atom is -0.293 e. The van der Waals surface area contributed by atoms with Crippen LogP contribution in [-0.2, 0) is 10.8 Å². The first-order valence-corrected chi connectivity index (χ1v) is 7.38. The molecule has 88 valence electrons. The molecule has 0 saturated carbocycles. The lowest BCUT2D eigenvalue weighted by molar-refractivity contribution is 0.102. The van der Waals surface area contributed by atoms with E-state index in [1.807, 2.05) is 36.6 Å². The Morgan fingerprint density at radius 3 is 2.76 bits per heavy atom. The maximum atomic E-state index is 11.9. The van der Waals surface area contributed by atoms with E-state index in [0.717, 1.165) is 9.77 Å². The van der Waals surface area contributed by atoms with E-state index in [0.29, 0.717) is 5.56 Å². The zero-order valence-electron chi connectivity index (χ0n) is 9.38. The number of benzene rings is 1. The summed E-state index contributed by atoms with van der Waals surface area (Å²) in [7, 11) is -1.22. The van der Waals surface area contributed by atoms with Crippen molar-refractivity contribution in [3.63, 3.8) is 0 Å². The molecule has 1 unspecified atom stereocenters. The summed E-state index contributed by atoms with van der Waals surface area (Å²) in [6.45, 7) is 1.94. The first-order valence-electron chi connectivity index (χ1n) is 5.18. The number of hydrogen-bond donors (Lipinski definition) is 0. The molecular formula is C13H12O2S2. The third kappa shape index (κ3) is 3.11. The predicted molar refractivity (Wildman–Crippen MR) is 71.1 cm³/mol. The molecule has 0 aliphatic carbocycles. The SMILES string of the molecule is Cc1cccc(C(=O)CS(=O)c2cccs2)c1. The van der Waals surface area contributed by atoms with Gasteiger partial charge in [0, 0.05) is 5.56 Å². The van der Waals surface area contributed by atoms with E-state index < -0.39 is 10.8 Å². The molecule has 0 spiro atoms. The lowest BCUT2D eigenvalue weighted by Gasteiger charge is -2.01. The largest absolute Gasteiger partial charge is 0.293 e. The Morgan fingerprint density at radius 2 is 2.12 bits per heavy atom. The van der Waals surface area contributed by atoms with Gasteiger partial charge in [0.1, 0.15) is 0 Å². The lowest BCUT2D eigenvalue weighted by Crippen LogP contribution is -2.10. The number of aryl methyl sites for hydroxylation is 1. The van der Waals surface area contributed by atoms with Crippen LogP contribution in [0.25, 0.3) is 0 Å². The van der Waals surface area contributed by atoms with Crippen molar-refractivity contribution < 1.29 is 9.00 Å². The summed E-state index contributed by atoms with van der Waals surface area (Å²) in [6.07, 6.45) is 0. The number of hydrogen-bond acceptors (Lipinski definition) is 3. The summed E-state index contributed by atoms with van der Waals surface area (Å²) >= 11 is 1.42. The van der Waals surface area contributed by atoms with Crippen LogP contribution in [0.4, 0.5) is 0 Å². The average Bonchev–Trinajstić information content (AvgIpc) is 2.82. The molecule has 0 N–H and O–H groups in total. The van der Waals surface area contributed by atoms with Crippen LogP contribution >= 0.6 is 11.3 Å². The molecule has 0 fully saturated rings. The zero-order chi connectivity index (χ0) is 12.3. The van der Waals surface area contributed by atoms with E-state index in [2.05, 4.69) is 0 Å². The number of Topliss-reactive ketones (excluding diaryl/α,β-unsaturated/α-hetero) is 1. The van der Waals surface area contributed by atoms with Crippen molar-refractivity contribution in [1.82, 2.24) is 0 Å². The molecule has 1 aromatic carbocycles. The van der Waals surface area contributed by atoms with Gasteiger partial charge < -0.3 is 0 Å². The van der Waals surface area contributed by atoms with E-state index in [-0.39, 0.29) is 11.5 Å². The standard InChI is InChI=1S/C13H12O2S2/c1-10-4-2-5-11(8-10)12(14)9-17(15)13-6-3-7-16-13/h2-8H,9H2,1H3. The van der Waals surface area contributed by atoms with E-state index in [1.54, 1.807) is 12.1 Å². The summed E-state index contributed by atoms with van der Waals surface area (Å²) in [6, 6.07) is 11.0. The van der Waals surface area contributed by atoms with Crippen molar-refractivity contribution in [2.75, 3.05) is 5.75 Å². The van der Waals surface area contributed by atoms with E-state index in [9.17, 15) is 9.00 Å². The second-order valence-electron chi connectivity index (χ2n) is 3.71. The molecule has 4 heteroatoms. The fourth-order valence-electron chi connectivity index (χ4n) is 1.49. The van der Waals surface area contributed by atoms with E-state index >= 15 is 0 Å². The molecular weight excluding hydrogens is 252 g/mol. The molecule has 2 nitrogen and oxygen atoms in total. The Balaban J connectivity index is 2.10. The first kappa shape index (κ1) is 12.2. The van der Waals surface area contributed by atoms with Crippen molar-refractivity contribution in [2.45, 2.75) is 11.1 Å². The normalized spacial score (nSPS) is 12.3. The fraction of sp³-hybridized carbons (Fsp3) is 0.154. The molecule has 1 atom stereocenters. The minimum atomic E-state index is -1.22. The Labute approximate surface area is 107 Å². The monoisotopic (exact) mass is 264 g/mol. The van der Waals surface area contributed by atoms with Crippen LogP contribution in [0, 0.1) is 6.92 Å². The van der Waals surface area contributed by atoms with Crippen LogP contribution < -0.4 is 0 Å². The van der Waals surface area contributed by atoms with Crippen LogP contribution in [0.1, 0.15) is 15.9 Å².